The first-order valence-corrected chi connectivity index (χ1v) is 13.0. The summed E-state index contributed by atoms with van der Waals surface area (Å²) in [6, 6.07) is 7.74. The standard InChI is InChI=1S/C26H34N8O4/c1-3-4-5-6-7-18-13-33(32-31-18)14-20-22(35)23(36)26(38-20)34-16-30-21-24(28-15-29-25(21)34)27-12-17-8-10-19(37-2)11-9-17/h8-11,13,15-16,20,22-23,26,35-36H,3-7,12,14H2,1-2H3,(H,27,28,29)/t20-,22-,23-,26-/m1/s1. The number of hydrogen-bond acceptors (Lipinski definition) is 10. The molecule has 1 saturated heterocycles. The maximum atomic E-state index is 10.8. The first kappa shape index (κ1) is 26.0. The van der Waals surface area contributed by atoms with Crippen LogP contribution in [0.15, 0.2) is 43.1 Å². The highest BCUT2D eigenvalue weighted by molar-refractivity contribution is 5.82. The second-order valence-electron chi connectivity index (χ2n) is 9.54. The molecule has 4 atom stereocenters. The molecule has 12 nitrogen and oxygen atoms in total. The first-order chi connectivity index (χ1) is 18.6. The summed E-state index contributed by atoms with van der Waals surface area (Å²) < 4.78 is 14.6. The van der Waals surface area contributed by atoms with Gasteiger partial charge in [-0.05, 0) is 30.5 Å². The van der Waals surface area contributed by atoms with Gasteiger partial charge in [-0.1, -0.05) is 43.5 Å². The minimum atomic E-state index is -1.17. The van der Waals surface area contributed by atoms with Crippen molar-refractivity contribution in [2.45, 2.75) is 76.7 Å². The number of unbranched alkanes of at least 4 members (excludes halogenated alkanes) is 3. The maximum absolute atomic E-state index is 10.8. The van der Waals surface area contributed by atoms with Crippen molar-refractivity contribution in [1.29, 1.82) is 0 Å². The molecule has 202 valence electrons. The average Bonchev–Trinajstić information content (AvgIpc) is 3.65. The number of nitrogens with zero attached hydrogens (tertiary/aromatic N) is 7. The van der Waals surface area contributed by atoms with Crippen molar-refractivity contribution in [1.82, 2.24) is 34.5 Å². The van der Waals surface area contributed by atoms with Crippen LogP contribution in [0.1, 0.15) is 50.1 Å². The van der Waals surface area contributed by atoms with Crippen molar-refractivity contribution in [3.05, 3.63) is 54.4 Å². The van der Waals surface area contributed by atoms with Crippen LogP contribution in [-0.2, 0) is 24.2 Å². The van der Waals surface area contributed by atoms with Gasteiger partial charge in [0.2, 0.25) is 0 Å². The van der Waals surface area contributed by atoms with Gasteiger partial charge in [0, 0.05) is 12.7 Å². The summed E-state index contributed by atoms with van der Waals surface area (Å²) >= 11 is 0. The van der Waals surface area contributed by atoms with E-state index in [1.807, 2.05) is 30.5 Å². The van der Waals surface area contributed by atoms with Crippen molar-refractivity contribution in [2.75, 3.05) is 12.4 Å². The molecule has 1 fully saturated rings. The van der Waals surface area contributed by atoms with E-state index in [1.165, 1.54) is 25.6 Å². The van der Waals surface area contributed by atoms with Crippen molar-refractivity contribution < 1.29 is 19.7 Å². The normalized spacial score (nSPS) is 21.3. The maximum Gasteiger partial charge on any atom is 0.167 e. The number of rotatable bonds is 12. The lowest BCUT2D eigenvalue weighted by atomic mass is 10.1. The van der Waals surface area contributed by atoms with Crippen LogP contribution >= 0.6 is 0 Å². The summed E-state index contributed by atoms with van der Waals surface area (Å²) in [5, 5.41) is 33.3. The van der Waals surface area contributed by atoms with E-state index in [0.29, 0.717) is 23.5 Å². The fourth-order valence-corrected chi connectivity index (χ4v) is 4.67. The zero-order valence-corrected chi connectivity index (χ0v) is 21.6. The molecular weight excluding hydrogens is 488 g/mol. The van der Waals surface area contributed by atoms with E-state index in [2.05, 4.69) is 37.5 Å². The second-order valence-corrected chi connectivity index (χ2v) is 9.54. The Morgan fingerprint density at radius 2 is 1.89 bits per heavy atom. The third-order valence-corrected chi connectivity index (χ3v) is 6.83. The van der Waals surface area contributed by atoms with Crippen LogP contribution < -0.4 is 10.1 Å². The fourth-order valence-electron chi connectivity index (χ4n) is 4.67. The van der Waals surface area contributed by atoms with Crippen LogP contribution in [0.5, 0.6) is 5.75 Å². The van der Waals surface area contributed by atoms with E-state index in [0.717, 1.165) is 29.8 Å². The molecule has 1 aromatic carbocycles. The van der Waals surface area contributed by atoms with E-state index >= 15 is 0 Å². The van der Waals surface area contributed by atoms with Crippen LogP contribution in [0.3, 0.4) is 0 Å². The van der Waals surface area contributed by atoms with E-state index < -0.39 is 24.5 Å². The predicted octanol–water partition coefficient (Wildman–Crippen LogP) is 2.48. The lowest BCUT2D eigenvalue weighted by molar-refractivity contribution is -0.0403. The number of aliphatic hydroxyl groups is 2. The fraction of sp³-hybridized carbons (Fsp3) is 0.500. The molecule has 0 unspecified atom stereocenters. The van der Waals surface area contributed by atoms with Crippen LogP contribution in [0.2, 0.25) is 0 Å². The third kappa shape index (κ3) is 5.62. The molecule has 12 heteroatoms. The van der Waals surface area contributed by atoms with Gasteiger partial charge < -0.3 is 25.0 Å². The molecule has 5 rings (SSSR count). The Kier molecular flexibility index (Phi) is 8.11. The lowest BCUT2D eigenvalue weighted by Gasteiger charge is -2.16. The lowest BCUT2D eigenvalue weighted by Crippen LogP contribution is -2.33. The Labute approximate surface area is 220 Å². The summed E-state index contributed by atoms with van der Waals surface area (Å²) in [5.41, 5.74) is 3.00. The van der Waals surface area contributed by atoms with Gasteiger partial charge >= 0.3 is 0 Å². The van der Waals surface area contributed by atoms with Gasteiger partial charge in [-0.25, -0.2) is 19.6 Å². The molecule has 38 heavy (non-hydrogen) atoms. The van der Waals surface area contributed by atoms with Crippen molar-refractivity contribution in [3.8, 4) is 5.75 Å². The molecule has 4 heterocycles. The highest BCUT2D eigenvalue weighted by atomic mass is 16.6. The summed E-state index contributed by atoms with van der Waals surface area (Å²) in [5.74, 6) is 1.35. The number of fused-ring (bicyclic) bond motifs is 1. The molecular formula is C26H34N8O4. The van der Waals surface area contributed by atoms with Gasteiger partial charge in [0.15, 0.2) is 23.2 Å². The molecule has 1 aliphatic heterocycles. The summed E-state index contributed by atoms with van der Waals surface area (Å²) in [6.45, 7) is 2.99. The summed E-state index contributed by atoms with van der Waals surface area (Å²) in [4.78, 5) is 13.2. The van der Waals surface area contributed by atoms with Crippen LogP contribution in [-0.4, -0.2) is 70.1 Å². The monoisotopic (exact) mass is 522 g/mol. The number of ether oxygens (including phenoxy) is 2. The summed E-state index contributed by atoms with van der Waals surface area (Å²) in [7, 11) is 1.63. The highest BCUT2D eigenvalue weighted by Gasteiger charge is 2.44. The van der Waals surface area contributed by atoms with Gasteiger partial charge in [0.1, 0.15) is 30.4 Å². The van der Waals surface area contributed by atoms with Gasteiger partial charge in [0.05, 0.1) is 25.7 Å². The molecule has 0 spiro atoms. The van der Waals surface area contributed by atoms with Crippen LogP contribution in [0.25, 0.3) is 11.2 Å². The Hall–Kier alpha value is -3.61. The molecule has 3 aromatic heterocycles. The number of methoxy groups -OCH3 is 1. The Balaban J connectivity index is 1.25. The zero-order chi connectivity index (χ0) is 26.5. The molecule has 0 saturated carbocycles. The third-order valence-electron chi connectivity index (χ3n) is 6.83. The quantitative estimate of drug-likeness (QED) is 0.237. The Morgan fingerprint density at radius 1 is 1.05 bits per heavy atom. The minimum absolute atomic E-state index is 0.271. The number of anilines is 1. The number of aromatic nitrogens is 7. The topological polar surface area (TPSA) is 145 Å². The number of hydrogen-bond donors (Lipinski definition) is 3. The van der Waals surface area contributed by atoms with Crippen molar-refractivity contribution in [3.63, 3.8) is 0 Å². The van der Waals surface area contributed by atoms with E-state index in [4.69, 9.17) is 9.47 Å². The average molecular weight is 523 g/mol. The number of aryl methyl sites for hydroxylation is 1. The number of aliphatic hydroxyl groups excluding tert-OH is 2. The smallest absolute Gasteiger partial charge is 0.167 e. The van der Waals surface area contributed by atoms with E-state index in [9.17, 15) is 10.2 Å². The molecule has 1 aliphatic rings. The van der Waals surface area contributed by atoms with Crippen molar-refractivity contribution >= 4 is 17.0 Å². The van der Waals surface area contributed by atoms with E-state index in [1.54, 1.807) is 22.7 Å². The number of benzene rings is 1. The van der Waals surface area contributed by atoms with Crippen LogP contribution in [0, 0.1) is 0 Å². The molecule has 4 aromatic rings. The molecule has 0 radical (unpaired) electrons. The largest absolute Gasteiger partial charge is 0.497 e. The summed E-state index contributed by atoms with van der Waals surface area (Å²) in [6.07, 6.45) is 6.56. The SMILES string of the molecule is CCCCCCc1cn(C[C@H]2O[C@@H](n3cnc4c(NCc5ccc(OC)cc5)ncnc43)[C@H](O)[C@@H]2O)nn1. The molecule has 0 bridgehead atoms. The predicted molar refractivity (Wildman–Crippen MR) is 139 cm³/mol. The Bertz CT molecular complexity index is 1320. The molecule has 0 amide bonds. The minimum Gasteiger partial charge on any atom is -0.497 e. The zero-order valence-electron chi connectivity index (χ0n) is 21.6. The highest BCUT2D eigenvalue weighted by Crippen LogP contribution is 2.33. The van der Waals surface area contributed by atoms with Gasteiger partial charge in [-0.3, -0.25) is 4.57 Å². The molecule has 0 aliphatic carbocycles. The second kappa shape index (κ2) is 11.8. The first-order valence-electron chi connectivity index (χ1n) is 13.0. The number of nitrogens with one attached hydrogen (secondary N) is 1. The Morgan fingerprint density at radius 3 is 2.68 bits per heavy atom. The van der Waals surface area contributed by atoms with E-state index in [-0.39, 0.29) is 6.54 Å². The van der Waals surface area contributed by atoms with Gasteiger partial charge in [-0.2, -0.15) is 0 Å². The van der Waals surface area contributed by atoms with Crippen molar-refractivity contribution in [2.24, 2.45) is 0 Å². The van der Waals surface area contributed by atoms with Gasteiger partial charge in [0.25, 0.3) is 0 Å². The number of imidazole rings is 1. The van der Waals surface area contributed by atoms with Crippen LogP contribution in [0.4, 0.5) is 5.82 Å². The molecule has 3 N–H and O–H groups in total. The van der Waals surface area contributed by atoms with Gasteiger partial charge in [-0.15, -0.1) is 5.10 Å².